The third-order valence-electron chi connectivity index (χ3n) is 2.61. The zero-order chi connectivity index (χ0) is 14.9. The minimum Gasteiger partial charge on any atom is -0.463 e. The first-order chi connectivity index (χ1) is 9.29. The molecule has 0 bridgehead atoms. The number of cyclic esters (lactones) is 1. The van der Waals surface area contributed by atoms with Crippen LogP contribution in [-0.2, 0) is 24.3 Å². The lowest BCUT2D eigenvalue weighted by atomic mass is 10.2. The van der Waals surface area contributed by atoms with Crippen molar-refractivity contribution in [3.63, 3.8) is 0 Å². The highest BCUT2D eigenvalue weighted by Crippen LogP contribution is 2.22. The molecule has 0 spiro atoms. The van der Waals surface area contributed by atoms with Crippen molar-refractivity contribution in [1.82, 2.24) is 0 Å². The molecule has 1 aromatic rings. The molecule has 0 aliphatic carbocycles. The number of ether oxygens (including phenoxy) is 2. The van der Waals surface area contributed by atoms with E-state index in [2.05, 4.69) is 4.74 Å². The van der Waals surface area contributed by atoms with Crippen LogP contribution in [0.15, 0.2) is 23.1 Å². The zero-order valence-corrected chi connectivity index (χ0v) is 11.6. The highest BCUT2D eigenvalue weighted by Gasteiger charge is 2.30. The van der Waals surface area contributed by atoms with Crippen LogP contribution >= 0.6 is 11.6 Å². The Bertz CT molecular complexity index is 671. The molecule has 1 fully saturated rings. The number of rotatable bonds is 3. The maximum Gasteiger partial charge on any atom is 0.347 e. The van der Waals surface area contributed by atoms with Crippen molar-refractivity contribution in [1.29, 1.82) is 0 Å². The van der Waals surface area contributed by atoms with Gasteiger partial charge in [0, 0.05) is 6.42 Å². The average molecular weight is 320 g/mol. The summed E-state index contributed by atoms with van der Waals surface area (Å²) in [5.74, 6) is -1.48. The molecule has 20 heavy (non-hydrogen) atoms. The van der Waals surface area contributed by atoms with Crippen LogP contribution in [0.4, 0.5) is 0 Å². The first-order valence-electron chi connectivity index (χ1n) is 5.49. The molecule has 1 aliphatic heterocycles. The molecule has 0 unspecified atom stereocenters. The standard InChI is InChI=1S/C11H10ClNO6S/c12-7-2-1-6(5-9(7)20(13,16)17)10(14)19-8-3-4-18-11(8)15/h1-2,5,8H,3-4H2,(H2,13,16,17)/t8-/m0/s1. The normalized spacial score (nSPS) is 18.7. The van der Waals surface area contributed by atoms with E-state index in [1.807, 2.05) is 0 Å². The molecule has 9 heteroatoms. The third kappa shape index (κ3) is 3.09. The molecule has 1 aromatic carbocycles. The Morgan fingerprint density at radius 1 is 1.45 bits per heavy atom. The van der Waals surface area contributed by atoms with E-state index in [9.17, 15) is 18.0 Å². The zero-order valence-electron chi connectivity index (χ0n) is 10.0. The Hall–Kier alpha value is -1.64. The van der Waals surface area contributed by atoms with Crippen molar-refractivity contribution >= 4 is 33.6 Å². The molecule has 7 nitrogen and oxygen atoms in total. The second-order valence-corrected chi connectivity index (χ2v) is 5.98. The number of nitrogens with two attached hydrogens (primary N) is 1. The summed E-state index contributed by atoms with van der Waals surface area (Å²) in [7, 11) is -4.06. The molecule has 1 saturated heterocycles. The predicted molar refractivity (Wildman–Crippen MR) is 67.6 cm³/mol. The molecule has 108 valence electrons. The number of hydrogen-bond acceptors (Lipinski definition) is 6. The molecular formula is C11H10ClNO6S. The summed E-state index contributed by atoms with van der Waals surface area (Å²) in [5.41, 5.74) is -0.0712. The third-order valence-corrected chi connectivity index (χ3v) is 4.00. The molecule has 0 saturated carbocycles. The van der Waals surface area contributed by atoms with E-state index in [-0.39, 0.29) is 28.5 Å². The van der Waals surface area contributed by atoms with Gasteiger partial charge in [0.15, 0.2) is 0 Å². The highest BCUT2D eigenvalue weighted by molar-refractivity contribution is 7.89. The number of carbonyl (C=O) groups is 2. The Balaban J connectivity index is 2.25. The minimum atomic E-state index is -4.06. The SMILES string of the molecule is NS(=O)(=O)c1cc(C(=O)O[C@H]2CCOC2=O)ccc1Cl. The maximum absolute atomic E-state index is 11.8. The van der Waals surface area contributed by atoms with Crippen LogP contribution in [0.1, 0.15) is 16.8 Å². The van der Waals surface area contributed by atoms with Crippen LogP contribution in [0.2, 0.25) is 5.02 Å². The van der Waals surface area contributed by atoms with Gasteiger partial charge < -0.3 is 9.47 Å². The number of esters is 2. The van der Waals surface area contributed by atoms with Crippen molar-refractivity contribution in [2.75, 3.05) is 6.61 Å². The van der Waals surface area contributed by atoms with Crippen LogP contribution in [-0.4, -0.2) is 33.1 Å². The second-order valence-electron chi connectivity index (χ2n) is 4.04. The van der Waals surface area contributed by atoms with E-state index in [1.54, 1.807) is 0 Å². The number of hydrogen-bond donors (Lipinski definition) is 1. The molecule has 2 rings (SSSR count). The van der Waals surface area contributed by atoms with Crippen LogP contribution in [0.5, 0.6) is 0 Å². The Labute approximate surface area is 119 Å². The monoisotopic (exact) mass is 319 g/mol. The van der Waals surface area contributed by atoms with E-state index < -0.39 is 28.1 Å². The van der Waals surface area contributed by atoms with Gasteiger partial charge in [-0.15, -0.1) is 0 Å². The Morgan fingerprint density at radius 3 is 2.70 bits per heavy atom. The average Bonchev–Trinajstić information content (AvgIpc) is 2.74. The van der Waals surface area contributed by atoms with Crippen LogP contribution in [0.25, 0.3) is 0 Å². The number of benzene rings is 1. The minimum absolute atomic E-state index is 0.0712. The van der Waals surface area contributed by atoms with Gasteiger partial charge in [0.05, 0.1) is 17.2 Å². The molecule has 0 aromatic heterocycles. The van der Waals surface area contributed by atoms with Gasteiger partial charge in [-0.25, -0.2) is 23.1 Å². The second kappa shape index (κ2) is 5.39. The lowest BCUT2D eigenvalue weighted by Crippen LogP contribution is -2.23. The fraction of sp³-hybridized carbons (Fsp3) is 0.273. The first kappa shape index (κ1) is 14.8. The van der Waals surface area contributed by atoms with Gasteiger partial charge in [0.2, 0.25) is 16.1 Å². The fourth-order valence-electron chi connectivity index (χ4n) is 1.63. The van der Waals surface area contributed by atoms with Crippen molar-refractivity contribution in [3.8, 4) is 0 Å². The largest absolute Gasteiger partial charge is 0.463 e. The van der Waals surface area contributed by atoms with Gasteiger partial charge in [0.25, 0.3) is 0 Å². The number of carbonyl (C=O) groups excluding carboxylic acids is 2. The molecule has 1 atom stereocenters. The van der Waals surface area contributed by atoms with Gasteiger partial charge in [-0.2, -0.15) is 0 Å². The summed E-state index contributed by atoms with van der Waals surface area (Å²) in [6, 6.07) is 3.49. The Morgan fingerprint density at radius 2 is 2.15 bits per heavy atom. The maximum atomic E-state index is 11.8. The van der Waals surface area contributed by atoms with Crippen molar-refractivity contribution < 1.29 is 27.5 Å². The lowest BCUT2D eigenvalue weighted by molar-refractivity contribution is -0.145. The van der Waals surface area contributed by atoms with Gasteiger partial charge in [0.1, 0.15) is 4.90 Å². The Kier molecular flexibility index (Phi) is 3.98. The molecule has 0 amide bonds. The van der Waals surface area contributed by atoms with E-state index in [0.29, 0.717) is 0 Å². The predicted octanol–water partition coefficient (Wildman–Crippen LogP) is 0.460. The van der Waals surface area contributed by atoms with Gasteiger partial charge >= 0.3 is 11.9 Å². The summed E-state index contributed by atoms with van der Waals surface area (Å²) in [6.45, 7) is 0.180. The van der Waals surface area contributed by atoms with E-state index >= 15 is 0 Å². The highest BCUT2D eigenvalue weighted by atomic mass is 35.5. The number of sulfonamides is 1. The van der Waals surface area contributed by atoms with Gasteiger partial charge in [-0.05, 0) is 18.2 Å². The van der Waals surface area contributed by atoms with Gasteiger partial charge in [-0.3, -0.25) is 0 Å². The smallest absolute Gasteiger partial charge is 0.347 e. The van der Waals surface area contributed by atoms with E-state index in [0.717, 1.165) is 6.07 Å². The molecule has 2 N–H and O–H groups in total. The molecule has 0 radical (unpaired) electrons. The number of halogens is 1. The summed E-state index contributed by atoms with van der Waals surface area (Å²) < 4.78 is 32.2. The van der Waals surface area contributed by atoms with E-state index in [1.165, 1.54) is 12.1 Å². The van der Waals surface area contributed by atoms with Crippen LogP contribution < -0.4 is 5.14 Å². The van der Waals surface area contributed by atoms with Crippen molar-refractivity contribution in [2.45, 2.75) is 17.4 Å². The van der Waals surface area contributed by atoms with Crippen molar-refractivity contribution in [2.24, 2.45) is 5.14 Å². The van der Waals surface area contributed by atoms with E-state index in [4.69, 9.17) is 21.5 Å². The summed E-state index contributed by atoms with van der Waals surface area (Å²) in [6.07, 6.45) is -0.712. The summed E-state index contributed by atoms with van der Waals surface area (Å²) >= 11 is 5.69. The topological polar surface area (TPSA) is 113 Å². The molecule has 1 aliphatic rings. The summed E-state index contributed by atoms with van der Waals surface area (Å²) in [4.78, 5) is 22.6. The van der Waals surface area contributed by atoms with Crippen molar-refractivity contribution in [3.05, 3.63) is 28.8 Å². The first-order valence-corrected chi connectivity index (χ1v) is 7.41. The molecule has 1 heterocycles. The fourth-order valence-corrected chi connectivity index (χ4v) is 2.70. The summed E-state index contributed by atoms with van der Waals surface area (Å²) in [5, 5.41) is 4.87. The van der Waals surface area contributed by atoms with Gasteiger partial charge in [-0.1, -0.05) is 11.6 Å². The van der Waals surface area contributed by atoms with Crippen LogP contribution in [0, 0.1) is 0 Å². The quantitative estimate of drug-likeness (QED) is 0.810. The molecular weight excluding hydrogens is 310 g/mol. The number of primary sulfonamides is 1. The lowest BCUT2D eigenvalue weighted by Gasteiger charge is -2.09. The van der Waals surface area contributed by atoms with Crippen LogP contribution in [0.3, 0.4) is 0 Å².